The second-order valence-corrected chi connectivity index (χ2v) is 2.44. The molecule has 0 aliphatic carbocycles. The van der Waals surface area contributed by atoms with Crippen molar-refractivity contribution in [1.29, 1.82) is 0 Å². The number of carbonyl (C=O) groups excluding carboxylic acids is 1. The van der Waals surface area contributed by atoms with Crippen LogP contribution < -0.4 is 5.73 Å². The number of ether oxygens (including phenoxy) is 1. The van der Waals surface area contributed by atoms with Gasteiger partial charge in [-0.3, -0.25) is 0 Å². The lowest BCUT2D eigenvalue weighted by Crippen LogP contribution is -2.11. The highest BCUT2D eigenvalue weighted by molar-refractivity contribution is 5.91. The van der Waals surface area contributed by atoms with Gasteiger partial charge < -0.3 is 10.5 Å². The van der Waals surface area contributed by atoms with Crippen molar-refractivity contribution in [1.82, 2.24) is 9.97 Å². The minimum atomic E-state index is -0.562. The Morgan fingerprint density at radius 1 is 1.69 bits per heavy atom. The molecule has 0 aliphatic rings. The molecule has 0 atom stereocenters. The number of esters is 1. The molecule has 0 amide bonds. The number of nitrogens with two attached hydrogens (primary N) is 1. The number of anilines is 1. The third-order valence-electron chi connectivity index (χ3n) is 1.59. The van der Waals surface area contributed by atoms with Crippen molar-refractivity contribution in [2.75, 3.05) is 12.8 Å². The average Bonchev–Trinajstić information content (AvgIpc) is 2.16. The normalized spacial score (nSPS) is 9.69. The van der Waals surface area contributed by atoms with Crippen LogP contribution in [0.2, 0.25) is 0 Å². The van der Waals surface area contributed by atoms with Crippen LogP contribution >= 0.6 is 0 Å². The molecule has 0 aliphatic heterocycles. The summed E-state index contributed by atoms with van der Waals surface area (Å²) in [5.74, 6) is -0.446. The van der Waals surface area contributed by atoms with Crippen LogP contribution in [0.15, 0.2) is 6.20 Å². The van der Waals surface area contributed by atoms with E-state index in [2.05, 4.69) is 14.7 Å². The molecule has 0 saturated carbocycles. The number of nitrogen functional groups attached to an aromatic ring is 1. The van der Waals surface area contributed by atoms with E-state index in [1.165, 1.54) is 13.3 Å². The number of aryl methyl sites for hydroxylation is 1. The second-order valence-electron chi connectivity index (χ2n) is 2.44. The molecule has 0 unspecified atom stereocenters. The van der Waals surface area contributed by atoms with Gasteiger partial charge in [0.25, 0.3) is 0 Å². The molecule has 2 N–H and O–H groups in total. The van der Waals surface area contributed by atoms with Gasteiger partial charge in [0.1, 0.15) is 0 Å². The molecule has 1 rings (SSSR count). The molecule has 0 aromatic carbocycles. The standard InChI is InChI=1S/C8H11N3O2/c1-3-5-4-10-6(7(9)11-5)8(12)13-2/h4H,3H2,1-2H3,(H2,9,11). The maximum atomic E-state index is 11.0. The fourth-order valence-corrected chi connectivity index (χ4v) is 0.866. The summed E-state index contributed by atoms with van der Waals surface area (Å²) in [4.78, 5) is 18.9. The fourth-order valence-electron chi connectivity index (χ4n) is 0.866. The van der Waals surface area contributed by atoms with E-state index < -0.39 is 5.97 Å². The van der Waals surface area contributed by atoms with Gasteiger partial charge in [-0.15, -0.1) is 0 Å². The zero-order chi connectivity index (χ0) is 9.84. The molecule has 1 aromatic heterocycles. The summed E-state index contributed by atoms with van der Waals surface area (Å²) in [6.45, 7) is 1.93. The number of hydrogen-bond donors (Lipinski definition) is 1. The Hall–Kier alpha value is -1.65. The minimum Gasteiger partial charge on any atom is -0.464 e. The van der Waals surface area contributed by atoms with Crippen molar-refractivity contribution in [3.05, 3.63) is 17.6 Å². The van der Waals surface area contributed by atoms with Crippen molar-refractivity contribution in [2.45, 2.75) is 13.3 Å². The zero-order valence-electron chi connectivity index (χ0n) is 7.57. The fraction of sp³-hybridized carbons (Fsp3) is 0.375. The Labute approximate surface area is 75.9 Å². The maximum Gasteiger partial charge on any atom is 0.360 e. The van der Waals surface area contributed by atoms with Gasteiger partial charge in [-0.25, -0.2) is 14.8 Å². The van der Waals surface area contributed by atoms with Crippen molar-refractivity contribution in [3.8, 4) is 0 Å². The minimum absolute atomic E-state index is 0.0692. The first-order valence-corrected chi connectivity index (χ1v) is 3.88. The Balaban J connectivity index is 3.05. The molecular formula is C8H11N3O2. The van der Waals surface area contributed by atoms with Gasteiger partial charge in [0.2, 0.25) is 0 Å². The lowest BCUT2D eigenvalue weighted by molar-refractivity contribution is 0.0595. The van der Waals surface area contributed by atoms with Crippen LogP contribution in [0, 0.1) is 0 Å². The van der Waals surface area contributed by atoms with Gasteiger partial charge >= 0.3 is 5.97 Å². The average molecular weight is 181 g/mol. The van der Waals surface area contributed by atoms with E-state index in [1.54, 1.807) is 0 Å². The van der Waals surface area contributed by atoms with E-state index in [-0.39, 0.29) is 11.5 Å². The van der Waals surface area contributed by atoms with Crippen molar-refractivity contribution in [2.24, 2.45) is 0 Å². The Kier molecular flexibility index (Phi) is 2.79. The number of hydrogen-bond acceptors (Lipinski definition) is 5. The summed E-state index contributed by atoms with van der Waals surface area (Å²) in [5.41, 5.74) is 6.32. The van der Waals surface area contributed by atoms with Gasteiger partial charge in [-0.1, -0.05) is 6.92 Å². The first kappa shape index (κ1) is 9.44. The second kappa shape index (κ2) is 3.84. The molecule has 5 heteroatoms. The summed E-state index contributed by atoms with van der Waals surface area (Å²) in [6, 6.07) is 0. The van der Waals surface area contributed by atoms with Crippen LogP contribution in [0.25, 0.3) is 0 Å². The Morgan fingerprint density at radius 3 is 2.85 bits per heavy atom. The number of carbonyl (C=O) groups is 1. The molecule has 0 bridgehead atoms. The molecule has 13 heavy (non-hydrogen) atoms. The van der Waals surface area contributed by atoms with E-state index in [4.69, 9.17) is 5.73 Å². The lowest BCUT2D eigenvalue weighted by Gasteiger charge is -2.02. The first-order chi connectivity index (χ1) is 6.19. The monoisotopic (exact) mass is 181 g/mol. The van der Waals surface area contributed by atoms with Crippen LogP contribution in [-0.2, 0) is 11.2 Å². The molecular weight excluding hydrogens is 170 g/mol. The van der Waals surface area contributed by atoms with Crippen molar-refractivity contribution >= 4 is 11.8 Å². The van der Waals surface area contributed by atoms with Crippen molar-refractivity contribution < 1.29 is 9.53 Å². The molecule has 5 nitrogen and oxygen atoms in total. The number of methoxy groups -OCH3 is 1. The molecule has 0 radical (unpaired) electrons. The predicted octanol–water partition coefficient (Wildman–Crippen LogP) is 0.408. The highest BCUT2D eigenvalue weighted by Gasteiger charge is 2.12. The van der Waals surface area contributed by atoms with Crippen LogP contribution in [-0.4, -0.2) is 23.0 Å². The summed E-state index contributed by atoms with van der Waals surface area (Å²) < 4.78 is 4.47. The van der Waals surface area contributed by atoms with Gasteiger partial charge in [0, 0.05) is 6.20 Å². The quantitative estimate of drug-likeness (QED) is 0.668. The van der Waals surface area contributed by atoms with Gasteiger partial charge in [-0.2, -0.15) is 0 Å². The molecule has 1 aromatic rings. The highest BCUT2D eigenvalue weighted by Crippen LogP contribution is 2.07. The largest absolute Gasteiger partial charge is 0.464 e. The summed E-state index contributed by atoms with van der Waals surface area (Å²) >= 11 is 0. The number of rotatable bonds is 2. The Morgan fingerprint density at radius 2 is 2.38 bits per heavy atom. The topological polar surface area (TPSA) is 78.1 Å². The van der Waals surface area contributed by atoms with Crippen LogP contribution in [0.4, 0.5) is 5.82 Å². The summed E-state index contributed by atoms with van der Waals surface area (Å²) in [7, 11) is 1.27. The third-order valence-corrected chi connectivity index (χ3v) is 1.59. The molecule has 0 fully saturated rings. The van der Waals surface area contributed by atoms with Crippen LogP contribution in [0.5, 0.6) is 0 Å². The van der Waals surface area contributed by atoms with Gasteiger partial charge in [0.05, 0.1) is 12.8 Å². The van der Waals surface area contributed by atoms with E-state index in [9.17, 15) is 4.79 Å². The van der Waals surface area contributed by atoms with Gasteiger partial charge in [0.15, 0.2) is 11.5 Å². The third kappa shape index (κ3) is 1.93. The highest BCUT2D eigenvalue weighted by atomic mass is 16.5. The number of aromatic nitrogens is 2. The van der Waals surface area contributed by atoms with Crippen LogP contribution in [0.1, 0.15) is 23.1 Å². The molecule has 70 valence electrons. The molecule has 0 saturated heterocycles. The summed E-state index contributed by atoms with van der Waals surface area (Å²) in [6.07, 6.45) is 2.25. The Bertz CT molecular complexity index is 325. The van der Waals surface area contributed by atoms with Gasteiger partial charge in [-0.05, 0) is 6.42 Å². The lowest BCUT2D eigenvalue weighted by atomic mass is 10.3. The SMILES string of the molecule is CCc1cnc(C(=O)OC)c(N)n1. The first-order valence-electron chi connectivity index (χ1n) is 3.88. The van der Waals surface area contributed by atoms with Crippen molar-refractivity contribution in [3.63, 3.8) is 0 Å². The number of nitrogens with zero attached hydrogens (tertiary/aromatic N) is 2. The van der Waals surface area contributed by atoms with E-state index in [0.717, 1.165) is 12.1 Å². The molecule has 0 spiro atoms. The molecule has 1 heterocycles. The smallest absolute Gasteiger partial charge is 0.360 e. The maximum absolute atomic E-state index is 11.0. The van der Waals surface area contributed by atoms with E-state index in [0.29, 0.717) is 0 Å². The van der Waals surface area contributed by atoms with E-state index in [1.807, 2.05) is 6.92 Å². The van der Waals surface area contributed by atoms with E-state index >= 15 is 0 Å². The predicted molar refractivity (Wildman–Crippen MR) is 47.2 cm³/mol. The zero-order valence-corrected chi connectivity index (χ0v) is 7.57. The van der Waals surface area contributed by atoms with Crippen LogP contribution in [0.3, 0.4) is 0 Å². The summed E-state index contributed by atoms with van der Waals surface area (Å²) in [5, 5.41) is 0.